The van der Waals surface area contributed by atoms with Crippen LogP contribution in [0.25, 0.3) is 0 Å². The lowest BCUT2D eigenvalue weighted by molar-refractivity contribution is -0.117. The molecule has 1 aromatic rings. The Hall–Kier alpha value is -1.39. The van der Waals surface area contributed by atoms with Crippen molar-refractivity contribution in [1.82, 2.24) is 4.90 Å². The Bertz CT molecular complexity index is 430. The highest BCUT2D eigenvalue weighted by Crippen LogP contribution is 2.18. The topological polar surface area (TPSA) is 52.6 Å². The van der Waals surface area contributed by atoms with Gasteiger partial charge >= 0.3 is 0 Å². The molecule has 0 radical (unpaired) electrons. The summed E-state index contributed by atoms with van der Waals surface area (Å²) < 4.78 is 0. The Kier molecular flexibility index (Phi) is 6.68. The molecule has 20 heavy (non-hydrogen) atoms. The molecule has 1 amide bonds. The van der Waals surface area contributed by atoms with Gasteiger partial charge in [0.2, 0.25) is 5.91 Å². The van der Waals surface area contributed by atoms with Crippen LogP contribution in [0, 0.1) is 0 Å². The molecular formula is C16H26N2O2. The van der Waals surface area contributed by atoms with Crippen LogP contribution >= 0.6 is 0 Å². The molecule has 4 nitrogen and oxygen atoms in total. The van der Waals surface area contributed by atoms with E-state index in [-0.39, 0.29) is 18.6 Å². The van der Waals surface area contributed by atoms with Gasteiger partial charge in [-0.3, -0.25) is 9.69 Å². The lowest BCUT2D eigenvalue weighted by atomic mass is 10.0. The SMILES string of the molecule is CC(C)c1cccc(NC(=O)CN(CCO)C(C)C)c1. The van der Waals surface area contributed by atoms with Crippen LogP contribution in [0.4, 0.5) is 5.69 Å². The van der Waals surface area contributed by atoms with Crippen LogP contribution in [0.3, 0.4) is 0 Å². The van der Waals surface area contributed by atoms with Crippen molar-refractivity contribution in [3.05, 3.63) is 29.8 Å². The number of aliphatic hydroxyl groups is 1. The number of rotatable bonds is 7. The Labute approximate surface area is 121 Å². The van der Waals surface area contributed by atoms with E-state index < -0.39 is 0 Å². The van der Waals surface area contributed by atoms with Gasteiger partial charge in [0, 0.05) is 18.3 Å². The number of hydrogen-bond donors (Lipinski definition) is 2. The fourth-order valence-electron chi connectivity index (χ4n) is 2.01. The summed E-state index contributed by atoms with van der Waals surface area (Å²) in [5.41, 5.74) is 2.03. The third kappa shape index (κ3) is 5.31. The first-order valence-electron chi connectivity index (χ1n) is 7.18. The van der Waals surface area contributed by atoms with Crippen molar-refractivity contribution < 1.29 is 9.90 Å². The Morgan fingerprint density at radius 3 is 2.55 bits per heavy atom. The molecule has 0 saturated heterocycles. The van der Waals surface area contributed by atoms with E-state index in [1.54, 1.807) is 0 Å². The van der Waals surface area contributed by atoms with E-state index in [4.69, 9.17) is 5.11 Å². The molecule has 0 aromatic heterocycles. The van der Waals surface area contributed by atoms with Crippen LogP contribution in [0.1, 0.15) is 39.2 Å². The highest BCUT2D eigenvalue weighted by atomic mass is 16.3. The van der Waals surface area contributed by atoms with Gasteiger partial charge < -0.3 is 10.4 Å². The number of anilines is 1. The highest BCUT2D eigenvalue weighted by Gasteiger charge is 2.13. The number of carbonyl (C=O) groups is 1. The number of hydrogen-bond acceptors (Lipinski definition) is 3. The standard InChI is InChI=1S/C16H26N2O2/c1-12(2)14-6-5-7-15(10-14)17-16(20)11-18(8-9-19)13(3)4/h5-7,10,12-13,19H,8-9,11H2,1-4H3,(H,17,20). The van der Waals surface area contributed by atoms with Gasteiger partial charge in [0.15, 0.2) is 0 Å². The van der Waals surface area contributed by atoms with Crippen molar-refractivity contribution in [3.8, 4) is 0 Å². The van der Waals surface area contributed by atoms with Crippen molar-refractivity contribution in [2.45, 2.75) is 39.7 Å². The summed E-state index contributed by atoms with van der Waals surface area (Å²) in [7, 11) is 0. The van der Waals surface area contributed by atoms with Crippen molar-refractivity contribution in [3.63, 3.8) is 0 Å². The maximum Gasteiger partial charge on any atom is 0.238 e. The van der Waals surface area contributed by atoms with Gasteiger partial charge in [0.1, 0.15) is 0 Å². The second-order valence-corrected chi connectivity index (χ2v) is 5.62. The fourth-order valence-corrected chi connectivity index (χ4v) is 2.01. The lowest BCUT2D eigenvalue weighted by Crippen LogP contribution is -2.39. The summed E-state index contributed by atoms with van der Waals surface area (Å²) in [5.74, 6) is 0.390. The fraction of sp³-hybridized carbons (Fsp3) is 0.562. The minimum Gasteiger partial charge on any atom is -0.395 e. The average Bonchev–Trinajstić information content (AvgIpc) is 2.38. The maximum atomic E-state index is 12.0. The molecule has 4 heteroatoms. The molecule has 1 aromatic carbocycles. The number of nitrogens with zero attached hydrogens (tertiary/aromatic N) is 1. The molecule has 0 spiro atoms. The third-order valence-electron chi connectivity index (χ3n) is 3.30. The van der Waals surface area contributed by atoms with Crippen LogP contribution in [-0.4, -0.2) is 41.7 Å². The number of nitrogens with one attached hydrogen (secondary N) is 1. The van der Waals surface area contributed by atoms with Crippen molar-refractivity contribution in [1.29, 1.82) is 0 Å². The van der Waals surface area contributed by atoms with Gasteiger partial charge in [-0.1, -0.05) is 26.0 Å². The predicted molar refractivity (Wildman–Crippen MR) is 83.0 cm³/mol. The normalized spacial score (nSPS) is 11.4. The number of carbonyl (C=O) groups excluding carboxylic acids is 1. The maximum absolute atomic E-state index is 12.0. The first-order chi connectivity index (χ1) is 9.43. The molecule has 0 saturated carbocycles. The molecule has 0 bridgehead atoms. The Balaban J connectivity index is 2.63. The molecule has 112 valence electrons. The molecule has 0 aliphatic carbocycles. The van der Waals surface area contributed by atoms with E-state index in [9.17, 15) is 4.79 Å². The van der Waals surface area contributed by atoms with Gasteiger partial charge in [0.05, 0.1) is 13.2 Å². The highest BCUT2D eigenvalue weighted by molar-refractivity contribution is 5.92. The van der Waals surface area contributed by atoms with Gasteiger partial charge in [-0.05, 0) is 37.5 Å². The molecule has 0 aliphatic heterocycles. The molecule has 0 heterocycles. The smallest absolute Gasteiger partial charge is 0.238 e. The second-order valence-electron chi connectivity index (χ2n) is 5.62. The Morgan fingerprint density at radius 1 is 1.30 bits per heavy atom. The first-order valence-corrected chi connectivity index (χ1v) is 7.18. The number of benzene rings is 1. The summed E-state index contributed by atoms with van der Waals surface area (Å²) in [4.78, 5) is 14.0. The summed E-state index contributed by atoms with van der Waals surface area (Å²) in [6.45, 7) is 9.16. The first kappa shape index (κ1) is 16.7. The van der Waals surface area contributed by atoms with Crippen LogP contribution in [0.15, 0.2) is 24.3 Å². The number of aliphatic hydroxyl groups excluding tert-OH is 1. The summed E-state index contributed by atoms with van der Waals surface area (Å²) in [6, 6.07) is 8.16. The zero-order chi connectivity index (χ0) is 15.1. The molecule has 0 fully saturated rings. The quantitative estimate of drug-likeness (QED) is 0.805. The second kappa shape index (κ2) is 8.02. The largest absolute Gasteiger partial charge is 0.395 e. The molecule has 1 rings (SSSR count). The van der Waals surface area contributed by atoms with Crippen molar-refractivity contribution in [2.24, 2.45) is 0 Å². The van der Waals surface area contributed by atoms with E-state index in [1.807, 2.05) is 36.9 Å². The van der Waals surface area contributed by atoms with E-state index >= 15 is 0 Å². The van der Waals surface area contributed by atoms with Crippen LogP contribution < -0.4 is 5.32 Å². The molecular weight excluding hydrogens is 252 g/mol. The summed E-state index contributed by atoms with van der Waals surface area (Å²) in [6.07, 6.45) is 0. The van der Waals surface area contributed by atoms with Gasteiger partial charge in [0.25, 0.3) is 0 Å². The summed E-state index contributed by atoms with van der Waals surface area (Å²) >= 11 is 0. The Morgan fingerprint density at radius 2 is 2.00 bits per heavy atom. The van der Waals surface area contributed by atoms with E-state index in [0.717, 1.165) is 5.69 Å². The van der Waals surface area contributed by atoms with Crippen molar-refractivity contribution >= 4 is 11.6 Å². The monoisotopic (exact) mass is 278 g/mol. The lowest BCUT2D eigenvalue weighted by Gasteiger charge is -2.24. The van der Waals surface area contributed by atoms with E-state index in [0.29, 0.717) is 19.0 Å². The minimum atomic E-state index is -0.0481. The molecule has 0 unspecified atom stereocenters. The molecule has 0 aliphatic rings. The zero-order valence-corrected chi connectivity index (χ0v) is 12.9. The molecule has 0 atom stereocenters. The van der Waals surface area contributed by atoms with Gasteiger partial charge in [-0.2, -0.15) is 0 Å². The summed E-state index contributed by atoms with van der Waals surface area (Å²) in [5, 5.41) is 11.9. The van der Waals surface area contributed by atoms with Crippen LogP contribution in [-0.2, 0) is 4.79 Å². The van der Waals surface area contributed by atoms with E-state index in [1.165, 1.54) is 5.56 Å². The third-order valence-corrected chi connectivity index (χ3v) is 3.30. The van der Waals surface area contributed by atoms with E-state index in [2.05, 4.69) is 25.2 Å². The predicted octanol–water partition coefficient (Wildman–Crippen LogP) is 2.45. The molecule has 2 N–H and O–H groups in total. The average molecular weight is 278 g/mol. The van der Waals surface area contributed by atoms with Crippen LogP contribution in [0.2, 0.25) is 0 Å². The minimum absolute atomic E-state index is 0.0481. The van der Waals surface area contributed by atoms with Crippen molar-refractivity contribution in [2.75, 3.05) is 25.0 Å². The van der Waals surface area contributed by atoms with Gasteiger partial charge in [-0.15, -0.1) is 0 Å². The number of amides is 1. The zero-order valence-electron chi connectivity index (χ0n) is 12.9. The van der Waals surface area contributed by atoms with Gasteiger partial charge in [-0.25, -0.2) is 0 Å². The van der Waals surface area contributed by atoms with Crippen LogP contribution in [0.5, 0.6) is 0 Å².